The Labute approximate surface area is 197 Å². The minimum atomic E-state index is -4.70. The lowest BCUT2D eigenvalue weighted by molar-refractivity contribution is -0.137. The van der Waals surface area contributed by atoms with E-state index in [0.717, 1.165) is 23.4 Å². The van der Waals surface area contributed by atoms with Gasteiger partial charge in [0.15, 0.2) is 5.13 Å². The summed E-state index contributed by atoms with van der Waals surface area (Å²) in [7, 11) is 0. The number of aromatic nitrogens is 2. The highest BCUT2D eigenvalue weighted by Gasteiger charge is 2.35. The molecule has 0 aliphatic rings. The Morgan fingerprint density at radius 1 is 1.00 bits per heavy atom. The third kappa shape index (κ3) is 5.51. The largest absolute Gasteiger partial charge is 0.416 e. The fraction of sp³-hybridized carbons (Fsp3) is 0.167. The van der Waals surface area contributed by atoms with E-state index in [4.69, 9.17) is 11.6 Å². The summed E-state index contributed by atoms with van der Waals surface area (Å²) in [6.07, 6.45) is -3.28. The molecule has 0 aliphatic heterocycles. The van der Waals surface area contributed by atoms with Crippen molar-refractivity contribution in [2.24, 2.45) is 0 Å². The average Bonchev–Trinajstić information content (AvgIpc) is 3.19. The zero-order valence-electron chi connectivity index (χ0n) is 17.3. The van der Waals surface area contributed by atoms with Gasteiger partial charge in [0.25, 0.3) is 0 Å². The molecule has 4 rings (SSSR count). The fourth-order valence-electron chi connectivity index (χ4n) is 3.63. The molecule has 2 atom stereocenters. The molecule has 1 N–H and O–H groups in total. The zero-order valence-corrected chi connectivity index (χ0v) is 18.8. The van der Waals surface area contributed by atoms with Crippen molar-refractivity contribution in [3.8, 4) is 0 Å². The predicted octanol–water partition coefficient (Wildman–Crippen LogP) is 7.64. The van der Waals surface area contributed by atoms with Gasteiger partial charge in [0.2, 0.25) is 0 Å². The highest BCUT2D eigenvalue weighted by Crippen LogP contribution is 2.41. The summed E-state index contributed by atoms with van der Waals surface area (Å²) in [6.45, 7) is 1.85. The molecular formula is C24H18ClF4N3S. The third-order valence-corrected chi connectivity index (χ3v) is 6.18. The number of aryl methyl sites for hydroxylation is 1. The first-order valence-electron chi connectivity index (χ1n) is 9.93. The van der Waals surface area contributed by atoms with E-state index < -0.39 is 29.5 Å². The molecule has 2 heterocycles. The normalized spacial score (nSPS) is 13.5. The minimum absolute atomic E-state index is 0.131. The summed E-state index contributed by atoms with van der Waals surface area (Å²) in [6, 6.07) is 14.4. The van der Waals surface area contributed by atoms with Crippen LogP contribution in [0.2, 0.25) is 5.02 Å². The Morgan fingerprint density at radius 2 is 1.76 bits per heavy atom. The molecule has 0 amide bonds. The van der Waals surface area contributed by atoms with Gasteiger partial charge in [0.1, 0.15) is 5.82 Å². The second-order valence-corrected chi connectivity index (χ2v) is 8.77. The van der Waals surface area contributed by atoms with Crippen LogP contribution in [0.25, 0.3) is 0 Å². The third-order valence-electron chi connectivity index (χ3n) is 5.07. The van der Waals surface area contributed by atoms with Crippen molar-refractivity contribution in [2.45, 2.75) is 25.1 Å². The quantitative estimate of drug-likeness (QED) is 0.281. The molecule has 0 spiro atoms. The van der Waals surface area contributed by atoms with Crippen LogP contribution in [0, 0.1) is 12.7 Å². The average molecular weight is 492 g/mol. The van der Waals surface area contributed by atoms with Gasteiger partial charge < -0.3 is 5.32 Å². The molecule has 3 nitrogen and oxygen atoms in total. The molecule has 2 unspecified atom stereocenters. The SMILES string of the molecule is Cc1csc(NC(c2ccccc2)C(c2cc(F)cc(C(F)(F)F)c2)c2ccc(Cl)cn2)n1. The van der Waals surface area contributed by atoms with Crippen LogP contribution in [0.1, 0.15) is 40.0 Å². The van der Waals surface area contributed by atoms with Crippen molar-refractivity contribution in [3.63, 3.8) is 0 Å². The van der Waals surface area contributed by atoms with Gasteiger partial charge in [-0.1, -0.05) is 41.9 Å². The van der Waals surface area contributed by atoms with Gasteiger partial charge in [-0.05, 0) is 48.4 Å². The molecule has 33 heavy (non-hydrogen) atoms. The first-order valence-corrected chi connectivity index (χ1v) is 11.2. The highest BCUT2D eigenvalue weighted by atomic mass is 35.5. The first kappa shape index (κ1) is 23.2. The molecule has 0 fully saturated rings. The molecule has 2 aromatic carbocycles. The number of thiazole rings is 1. The van der Waals surface area contributed by atoms with Crippen molar-refractivity contribution in [1.29, 1.82) is 0 Å². The summed E-state index contributed by atoms with van der Waals surface area (Å²) in [5.41, 5.74) is 1.10. The maximum absolute atomic E-state index is 14.4. The monoisotopic (exact) mass is 491 g/mol. The number of nitrogens with one attached hydrogen (secondary N) is 1. The number of hydrogen-bond donors (Lipinski definition) is 1. The molecular weight excluding hydrogens is 474 g/mol. The zero-order chi connectivity index (χ0) is 23.6. The number of pyridine rings is 1. The van der Waals surface area contributed by atoms with Crippen LogP contribution in [-0.2, 0) is 6.18 Å². The van der Waals surface area contributed by atoms with Crippen LogP contribution >= 0.6 is 22.9 Å². The standard InChI is InChI=1S/C24H18ClF4N3S/c1-14-13-33-23(31-14)32-22(15-5-3-2-4-6-15)21(20-8-7-18(25)12-30-20)16-9-17(24(27,28)29)11-19(26)10-16/h2-13,21-22H,1H3,(H,31,32). The maximum atomic E-state index is 14.4. The Morgan fingerprint density at radius 3 is 2.36 bits per heavy atom. The van der Waals surface area contributed by atoms with E-state index in [9.17, 15) is 17.6 Å². The molecule has 2 aromatic heterocycles. The minimum Gasteiger partial charge on any atom is -0.354 e. The summed E-state index contributed by atoms with van der Waals surface area (Å²) in [5.74, 6) is -1.75. The lowest BCUT2D eigenvalue weighted by Crippen LogP contribution is -2.22. The van der Waals surface area contributed by atoms with Gasteiger partial charge in [0, 0.05) is 11.6 Å². The van der Waals surface area contributed by atoms with Crippen LogP contribution in [0.15, 0.2) is 72.2 Å². The van der Waals surface area contributed by atoms with E-state index in [1.165, 1.54) is 17.5 Å². The number of alkyl halides is 3. The van der Waals surface area contributed by atoms with E-state index >= 15 is 0 Å². The van der Waals surface area contributed by atoms with Gasteiger partial charge in [-0.2, -0.15) is 13.2 Å². The predicted molar refractivity (Wildman–Crippen MR) is 122 cm³/mol. The van der Waals surface area contributed by atoms with Crippen LogP contribution < -0.4 is 5.32 Å². The lowest BCUT2D eigenvalue weighted by atomic mass is 9.83. The smallest absolute Gasteiger partial charge is 0.354 e. The molecule has 9 heteroatoms. The van der Waals surface area contributed by atoms with E-state index in [1.54, 1.807) is 12.1 Å². The second kappa shape index (κ2) is 9.49. The molecule has 170 valence electrons. The van der Waals surface area contributed by atoms with Gasteiger partial charge in [-0.15, -0.1) is 11.3 Å². The fourth-order valence-corrected chi connectivity index (χ4v) is 4.47. The van der Waals surface area contributed by atoms with E-state index in [2.05, 4.69) is 15.3 Å². The van der Waals surface area contributed by atoms with Gasteiger partial charge in [0.05, 0.1) is 33.9 Å². The van der Waals surface area contributed by atoms with Crippen molar-refractivity contribution in [2.75, 3.05) is 5.32 Å². The van der Waals surface area contributed by atoms with Gasteiger partial charge in [-0.25, -0.2) is 9.37 Å². The molecule has 0 saturated carbocycles. The van der Waals surface area contributed by atoms with Crippen LogP contribution in [0.4, 0.5) is 22.7 Å². The Balaban J connectivity index is 1.92. The molecule has 0 saturated heterocycles. The number of hydrogen-bond acceptors (Lipinski definition) is 4. The maximum Gasteiger partial charge on any atom is 0.416 e. The Bertz CT molecular complexity index is 1230. The van der Waals surface area contributed by atoms with Crippen LogP contribution in [-0.4, -0.2) is 9.97 Å². The summed E-state index contributed by atoms with van der Waals surface area (Å²) >= 11 is 7.38. The lowest BCUT2D eigenvalue weighted by Gasteiger charge is -2.29. The van der Waals surface area contributed by atoms with E-state index in [1.807, 2.05) is 42.6 Å². The number of anilines is 1. The van der Waals surface area contributed by atoms with Crippen molar-refractivity contribution < 1.29 is 17.6 Å². The molecule has 0 radical (unpaired) electrons. The van der Waals surface area contributed by atoms with Gasteiger partial charge >= 0.3 is 6.18 Å². The van der Waals surface area contributed by atoms with Crippen LogP contribution in [0.5, 0.6) is 0 Å². The summed E-state index contributed by atoms with van der Waals surface area (Å²) in [5, 5.41) is 6.17. The summed E-state index contributed by atoms with van der Waals surface area (Å²) < 4.78 is 55.0. The number of nitrogens with zero attached hydrogens (tertiary/aromatic N) is 2. The number of halogens is 5. The van der Waals surface area contributed by atoms with E-state index in [-0.39, 0.29) is 5.56 Å². The van der Waals surface area contributed by atoms with Crippen molar-refractivity contribution >= 4 is 28.1 Å². The Hall–Kier alpha value is -2.97. The first-order chi connectivity index (χ1) is 15.7. The Kier molecular flexibility index (Phi) is 6.67. The second-order valence-electron chi connectivity index (χ2n) is 7.48. The molecule has 0 bridgehead atoms. The van der Waals surface area contributed by atoms with Crippen molar-refractivity contribution in [3.05, 3.63) is 111 Å². The van der Waals surface area contributed by atoms with Crippen molar-refractivity contribution in [1.82, 2.24) is 9.97 Å². The molecule has 4 aromatic rings. The number of rotatable bonds is 6. The van der Waals surface area contributed by atoms with Gasteiger partial charge in [-0.3, -0.25) is 4.98 Å². The molecule has 0 aliphatic carbocycles. The topological polar surface area (TPSA) is 37.8 Å². The number of benzene rings is 2. The van der Waals surface area contributed by atoms with Crippen LogP contribution in [0.3, 0.4) is 0 Å². The van der Waals surface area contributed by atoms with E-state index in [0.29, 0.717) is 21.9 Å². The highest BCUT2D eigenvalue weighted by molar-refractivity contribution is 7.13. The summed E-state index contributed by atoms with van der Waals surface area (Å²) in [4.78, 5) is 8.82.